The predicted octanol–water partition coefficient (Wildman–Crippen LogP) is 2.87. The lowest BCUT2D eigenvalue weighted by molar-refractivity contribution is -0.149. The van der Waals surface area contributed by atoms with E-state index in [0.717, 1.165) is 10.0 Å². The van der Waals surface area contributed by atoms with Gasteiger partial charge in [0.05, 0.1) is 0 Å². The molecule has 0 aromatic heterocycles. The van der Waals surface area contributed by atoms with Crippen LogP contribution in [0.25, 0.3) is 0 Å². The van der Waals surface area contributed by atoms with E-state index in [4.69, 9.17) is 10.5 Å². The van der Waals surface area contributed by atoms with Crippen molar-refractivity contribution in [3.8, 4) is 0 Å². The Morgan fingerprint density at radius 1 is 1.35 bits per heavy atom. The minimum absolute atomic E-state index is 0.260. The lowest BCUT2D eigenvalue weighted by Gasteiger charge is -2.24. The van der Waals surface area contributed by atoms with Crippen molar-refractivity contribution in [3.63, 3.8) is 0 Å². The highest BCUT2D eigenvalue weighted by atomic mass is 79.9. The molecule has 0 aliphatic heterocycles. The number of halogens is 1. The molecule has 0 unspecified atom stereocenters. The van der Waals surface area contributed by atoms with Gasteiger partial charge >= 0.3 is 5.97 Å². The normalized spacial score (nSPS) is 13.2. The zero-order valence-corrected chi connectivity index (χ0v) is 12.0. The van der Waals surface area contributed by atoms with Crippen LogP contribution in [0.15, 0.2) is 28.7 Å². The molecular weight excluding hydrogens is 282 g/mol. The molecule has 1 aromatic carbocycles. The Kier molecular flexibility index (Phi) is 4.71. The van der Waals surface area contributed by atoms with E-state index in [-0.39, 0.29) is 18.0 Å². The number of esters is 1. The van der Waals surface area contributed by atoms with E-state index >= 15 is 0 Å². The second-order valence-electron chi connectivity index (χ2n) is 5.08. The van der Waals surface area contributed by atoms with Gasteiger partial charge in [-0.25, -0.2) is 0 Å². The number of hydrogen-bond donors (Lipinski definition) is 1. The molecule has 0 spiro atoms. The van der Waals surface area contributed by atoms with Crippen LogP contribution in [0.2, 0.25) is 0 Å². The molecule has 0 bridgehead atoms. The van der Waals surface area contributed by atoms with E-state index in [0.29, 0.717) is 0 Å². The fourth-order valence-electron chi connectivity index (χ4n) is 1.18. The third-order valence-corrected chi connectivity index (χ3v) is 3.01. The molecule has 0 radical (unpaired) electrons. The summed E-state index contributed by atoms with van der Waals surface area (Å²) in [5, 5.41) is 0. The maximum atomic E-state index is 11.7. The summed E-state index contributed by atoms with van der Waals surface area (Å²) in [6.45, 7) is 6.01. The molecule has 0 aliphatic rings. The van der Waals surface area contributed by atoms with E-state index < -0.39 is 6.04 Å². The minimum Gasteiger partial charge on any atom is -0.460 e. The van der Waals surface area contributed by atoms with Crippen molar-refractivity contribution in [1.29, 1.82) is 0 Å². The van der Waals surface area contributed by atoms with Gasteiger partial charge in [-0.1, -0.05) is 48.8 Å². The number of carbonyl (C=O) groups is 1. The van der Waals surface area contributed by atoms with Crippen LogP contribution in [0.1, 0.15) is 26.3 Å². The summed E-state index contributed by atoms with van der Waals surface area (Å²) in [4.78, 5) is 11.7. The van der Waals surface area contributed by atoms with Gasteiger partial charge in [-0.3, -0.25) is 4.79 Å². The molecule has 0 aliphatic carbocycles. The summed E-state index contributed by atoms with van der Waals surface area (Å²) in [7, 11) is 0. The number of rotatable bonds is 3. The Morgan fingerprint density at radius 2 is 1.88 bits per heavy atom. The molecular formula is C13H18BrNO2. The molecule has 0 saturated carbocycles. The molecule has 0 amide bonds. The Balaban J connectivity index is 2.51. The largest absolute Gasteiger partial charge is 0.460 e. The van der Waals surface area contributed by atoms with Crippen molar-refractivity contribution in [2.75, 3.05) is 0 Å². The van der Waals surface area contributed by atoms with Crippen LogP contribution in [0.5, 0.6) is 0 Å². The molecule has 2 N–H and O–H groups in total. The van der Waals surface area contributed by atoms with Gasteiger partial charge in [0.25, 0.3) is 0 Å². The second kappa shape index (κ2) is 5.65. The Bertz CT molecular complexity index is 381. The van der Waals surface area contributed by atoms with E-state index in [1.165, 1.54) is 0 Å². The highest BCUT2D eigenvalue weighted by Crippen LogP contribution is 2.19. The highest BCUT2D eigenvalue weighted by Gasteiger charge is 2.28. The van der Waals surface area contributed by atoms with Crippen LogP contribution in [0, 0.1) is 5.41 Å². The Hall–Kier alpha value is -0.870. The van der Waals surface area contributed by atoms with E-state index in [1.54, 1.807) is 0 Å². The van der Waals surface area contributed by atoms with Crippen molar-refractivity contribution in [2.24, 2.45) is 11.1 Å². The monoisotopic (exact) mass is 299 g/mol. The third-order valence-electron chi connectivity index (χ3n) is 2.48. The molecule has 94 valence electrons. The Morgan fingerprint density at radius 3 is 2.35 bits per heavy atom. The topological polar surface area (TPSA) is 52.3 Å². The summed E-state index contributed by atoms with van der Waals surface area (Å²) in [5.41, 5.74) is 6.47. The van der Waals surface area contributed by atoms with E-state index in [9.17, 15) is 4.79 Å². The minimum atomic E-state index is -0.599. The maximum Gasteiger partial charge on any atom is 0.323 e. The SMILES string of the molecule is CC(C)(C)[C@H](N)C(=O)OCc1ccc(Br)cc1. The maximum absolute atomic E-state index is 11.7. The first-order chi connectivity index (χ1) is 7.80. The number of hydrogen-bond acceptors (Lipinski definition) is 3. The van der Waals surface area contributed by atoms with Crippen LogP contribution in [0.4, 0.5) is 0 Å². The van der Waals surface area contributed by atoms with E-state index in [1.807, 2.05) is 45.0 Å². The third kappa shape index (κ3) is 4.48. The first-order valence-electron chi connectivity index (χ1n) is 5.47. The average molecular weight is 300 g/mol. The highest BCUT2D eigenvalue weighted by molar-refractivity contribution is 9.10. The lowest BCUT2D eigenvalue weighted by Crippen LogP contribution is -2.43. The summed E-state index contributed by atoms with van der Waals surface area (Å²) in [6, 6.07) is 7.03. The molecule has 0 fully saturated rings. The number of nitrogens with two attached hydrogens (primary N) is 1. The van der Waals surface area contributed by atoms with Crippen molar-refractivity contribution in [3.05, 3.63) is 34.3 Å². The first-order valence-corrected chi connectivity index (χ1v) is 6.26. The fourth-order valence-corrected chi connectivity index (χ4v) is 1.44. The zero-order chi connectivity index (χ0) is 13.1. The smallest absolute Gasteiger partial charge is 0.323 e. The van der Waals surface area contributed by atoms with Crippen LogP contribution in [0.3, 0.4) is 0 Å². The number of ether oxygens (including phenoxy) is 1. The lowest BCUT2D eigenvalue weighted by atomic mass is 9.87. The average Bonchev–Trinajstić information content (AvgIpc) is 2.25. The first kappa shape index (κ1) is 14.2. The van der Waals surface area contributed by atoms with Gasteiger partial charge in [-0.05, 0) is 23.1 Å². The summed E-state index contributed by atoms with van der Waals surface area (Å²) < 4.78 is 6.18. The van der Waals surface area contributed by atoms with Crippen LogP contribution >= 0.6 is 15.9 Å². The van der Waals surface area contributed by atoms with Crippen molar-refractivity contribution >= 4 is 21.9 Å². The van der Waals surface area contributed by atoms with Gasteiger partial charge in [0.2, 0.25) is 0 Å². The molecule has 0 saturated heterocycles. The molecule has 0 heterocycles. The van der Waals surface area contributed by atoms with Crippen molar-refractivity contribution < 1.29 is 9.53 Å². The quantitative estimate of drug-likeness (QED) is 0.873. The summed E-state index contributed by atoms with van der Waals surface area (Å²) in [5.74, 6) is -0.361. The Labute approximate surface area is 110 Å². The number of carbonyl (C=O) groups excluding carboxylic acids is 1. The van der Waals surface area contributed by atoms with Gasteiger partial charge in [-0.2, -0.15) is 0 Å². The van der Waals surface area contributed by atoms with E-state index in [2.05, 4.69) is 15.9 Å². The fraction of sp³-hybridized carbons (Fsp3) is 0.462. The summed E-state index contributed by atoms with van der Waals surface area (Å²) in [6.07, 6.45) is 0. The molecule has 1 rings (SSSR count). The van der Waals surface area contributed by atoms with Crippen LogP contribution in [-0.2, 0) is 16.1 Å². The number of benzene rings is 1. The second-order valence-corrected chi connectivity index (χ2v) is 5.99. The summed E-state index contributed by atoms with van der Waals surface area (Å²) >= 11 is 3.35. The molecule has 3 nitrogen and oxygen atoms in total. The van der Waals surface area contributed by atoms with Gasteiger partial charge in [0, 0.05) is 4.47 Å². The standard InChI is InChI=1S/C13H18BrNO2/c1-13(2,3)11(15)12(16)17-8-9-4-6-10(14)7-5-9/h4-7,11H,8,15H2,1-3H3/t11-/m1/s1. The van der Waals surface area contributed by atoms with Gasteiger partial charge < -0.3 is 10.5 Å². The van der Waals surface area contributed by atoms with Crippen LogP contribution in [-0.4, -0.2) is 12.0 Å². The molecule has 4 heteroatoms. The molecule has 1 atom stereocenters. The van der Waals surface area contributed by atoms with Gasteiger partial charge in [0.1, 0.15) is 12.6 Å². The zero-order valence-electron chi connectivity index (χ0n) is 10.4. The van der Waals surface area contributed by atoms with Crippen molar-refractivity contribution in [2.45, 2.75) is 33.4 Å². The molecule has 17 heavy (non-hydrogen) atoms. The van der Waals surface area contributed by atoms with Gasteiger partial charge in [-0.15, -0.1) is 0 Å². The van der Waals surface area contributed by atoms with Crippen LogP contribution < -0.4 is 5.73 Å². The van der Waals surface area contributed by atoms with Crippen molar-refractivity contribution in [1.82, 2.24) is 0 Å². The van der Waals surface area contributed by atoms with Gasteiger partial charge in [0.15, 0.2) is 0 Å². The molecule has 1 aromatic rings. The predicted molar refractivity (Wildman–Crippen MR) is 71.4 cm³/mol.